The Morgan fingerprint density at radius 2 is 1.83 bits per heavy atom. The van der Waals surface area contributed by atoms with Crippen molar-refractivity contribution in [3.63, 3.8) is 0 Å². The number of ketones is 1. The molecule has 1 atom stereocenters. The number of carbonyl (C=O) groups excluding carboxylic acids is 1. The third-order valence-electron chi connectivity index (χ3n) is 4.99. The van der Waals surface area contributed by atoms with E-state index in [1.54, 1.807) is 12.4 Å². The molecule has 3 rings (SSSR count). The molecule has 0 radical (unpaired) electrons. The van der Waals surface area contributed by atoms with Gasteiger partial charge in [0.05, 0.1) is 11.1 Å². The van der Waals surface area contributed by atoms with E-state index in [0.29, 0.717) is 13.0 Å². The Bertz CT molecular complexity index is 733. The lowest BCUT2D eigenvalue weighted by atomic mass is 9.85. The van der Waals surface area contributed by atoms with Crippen LogP contribution in [0.3, 0.4) is 0 Å². The SMILES string of the molecule is CC(CC(=N)C(=O)C1(c2ccc(CN)cc2)CC1)c1ccncc1. The maximum atomic E-state index is 12.9. The number of hydrogen-bond donors (Lipinski definition) is 2. The minimum absolute atomic E-state index is 0.0242. The van der Waals surface area contributed by atoms with Gasteiger partial charge in [-0.3, -0.25) is 9.78 Å². The van der Waals surface area contributed by atoms with Gasteiger partial charge in [0.2, 0.25) is 0 Å². The number of Topliss-reactive ketones (excluding diaryl/α,β-unsaturated/α-hetero) is 1. The van der Waals surface area contributed by atoms with Gasteiger partial charge in [-0.2, -0.15) is 0 Å². The molecule has 4 nitrogen and oxygen atoms in total. The molecule has 0 spiro atoms. The predicted molar refractivity (Wildman–Crippen MR) is 95.2 cm³/mol. The van der Waals surface area contributed by atoms with Gasteiger partial charge >= 0.3 is 0 Å². The van der Waals surface area contributed by atoms with Crippen molar-refractivity contribution in [2.75, 3.05) is 0 Å². The summed E-state index contributed by atoms with van der Waals surface area (Å²) in [6.07, 6.45) is 5.63. The molecular weight excluding hydrogens is 298 g/mol. The highest BCUT2D eigenvalue weighted by molar-refractivity contribution is 6.42. The first-order chi connectivity index (χ1) is 11.6. The fraction of sp³-hybridized carbons (Fsp3) is 0.350. The minimum atomic E-state index is -0.470. The Balaban J connectivity index is 1.72. The molecule has 24 heavy (non-hydrogen) atoms. The summed E-state index contributed by atoms with van der Waals surface area (Å²) >= 11 is 0. The van der Waals surface area contributed by atoms with Gasteiger partial charge < -0.3 is 11.1 Å². The fourth-order valence-corrected chi connectivity index (χ4v) is 3.23. The maximum absolute atomic E-state index is 12.9. The van der Waals surface area contributed by atoms with Crippen LogP contribution < -0.4 is 5.73 Å². The second-order valence-electron chi connectivity index (χ2n) is 6.68. The van der Waals surface area contributed by atoms with E-state index in [4.69, 9.17) is 11.1 Å². The van der Waals surface area contributed by atoms with Gasteiger partial charge in [-0.05, 0) is 54.0 Å². The largest absolute Gasteiger partial charge is 0.326 e. The van der Waals surface area contributed by atoms with Crippen molar-refractivity contribution < 1.29 is 4.79 Å². The van der Waals surface area contributed by atoms with Crippen LogP contribution in [-0.2, 0) is 16.8 Å². The normalized spacial score (nSPS) is 16.4. The molecule has 1 aromatic heterocycles. The number of carbonyl (C=O) groups is 1. The summed E-state index contributed by atoms with van der Waals surface area (Å²) in [4.78, 5) is 16.9. The molecule has 3 N–H and O–H groups in total. The van der Waals surface area contributed by atoms with Crippen LogP contribution >= 0.6 is 0 Å². The van der Waals surface area contributed by atoms with E-state index in [1.165, 1.54) is 0 Å². The molecule has 1 aliphatic carbocycles. The highest BCUT2D eigenvalue weighted by atomic mass is 16.1. The Hall–Kier alpha value is -2.33. The molecule has 0 saturated heterocycles. The van der Waals surface area contributed by atoms with Gasteiger partial charge in [0.15, 0.2) is 5.78 Å². The van der Waals surface area contributed by atoms with Crippen LogP contribution in [0.15, 0.2) is 48.8 Å². The summed E-state index contributed by atoms with van der Waals surface area (Å²) in [5.41, 5.74) is 8.58. The highest BCUT2D eigenvalue weighted by Crippen LogP contribution is 2.49. The molecule has 1 unspecified atom stereocenters. The van der Waals surface area contributed by atoms with Crippen LogP contribution in [0.25, 0.3) is 0 Å². The zero-order valence-electron chi connectivity index (χ0n) is 14.0. The standard InChI is InChI=1S/C20H23N3O/c1-14(16-6-10-23-11-7-16)12-18(22)19(24)20(8-9-20)17-4-2-15(13-21)3-5-17/h2-7,10-11,14,22H,8-9,12-13,21H2,1H3. The lowest BCUT2D eigenvalue weighted by molar-refractivity contribution is -0.115. The van der Waals surface area contributed by atoms with Crippen LogP contribution in [0.5, 0.6) is 0 Å². The van der Waals surface area contributed by atoms with E-state index in [1.807, 2.05) is 43.3 Å². The van der Waals surface area contributed by atoms with Gasteiger partial charge in [-0.15, -0.1) is 0 Å². The summed E-state index contributed by atoms with van der Waals surface area (Å²) in [7, 11) is 0. The second-order valence-corrected chi connectivity index (χ2v) is 6.68. The number of benzene rings is 1. The van der Waals surface area contributed by atoms with E-state index in [0.717, 1.165) is 29.5 Å². The fourth-order valence-electron chi connectivity index (χ4n) is 3.23. The quantitative estimate of drug-likeness (QED) is 0.767. The zero-order chi connectivity index (χ0) is 17.2. The molecule has 124 valence electrons. The van der Waals surface area contributed by atoms with E-state index in [2.05, 4.69) is 4.98 Å². The van der Waals surface area contributed by atoms with Crippen molar-refractivity contribution in [3.05, 3.63) is 65.5 Å². The van der Waals surface area contributed by atoms with Gasteiger partial charge in [-0.25, -0.2) is 0 Å². The van der Waals surface area contributed by atoms with E-state index < -0.39 is 5.41 Å². The van der Waals surface area contributed by atoms with E-state index in [9.17, 15) is 4.79 Å². The van der Waals surface area contributed by atoms with Crippen molar-refractivity contribution in [3.8, 4) is 0 Å². The third-order valence-corrected chi connectivity index (χ3v) is 4.99. The Labute approximate surface area is 142 Å². The van der Waals surface area contributed by atoms with Crippen LogP contribution in [0.2, 0.25) is 0 Å². The number of nitrogens with one attached hydrogen (secondary N) is 1. The van der Waals surface area contributed by atoms with Crippen LogP contribution in [-0.4, -0.2) is 16.5 Å². The molecule has 1 saturated carbocycles. The summed E-state index contributed by atoms with van der Waals surface area (Å²) in [5.74, 6) is 0.115. The second kappa shape index (κ2) is 6.65. The number of nitrogens with two attached hydrogens (primary N) is 1. The lowest BCUT2D eigenvalue weighted by Crippen LogP contribution is -2.29. The Morgan fingerprint density at radius 1 is 1.21 bits per heavy atom. The van der Waals surface area contributed by atoms with Crippen molar-refractivity contribution in [1.29, 1.82) is 5.41 Å². The molecule has 1 aliphatic rings. The smallest absolute Gasteiger partial charge is 0.186 e. The first-order valence-electron chi connectivity index (χ1n) is 8.38. The maximum Gasteiger partial charge on any atom is 0.186 e. The number of nitrogens with zero attached hydrogens (tertiary/aromatic N) is 1. The first-order valence-corrected chi connectivity index (χ1v) is 8.38. The van der Waals surface area contributed by atoms with Crippen LogP contribution in [0, 0.1) is 5.41 Å². The first kappa shape index (κ1) is 16.5. The average molecular weight is 321 g/mol. The molecule has 1 fully saturated rings. The number of hydrogen-bond acceptors (Lipinski definition) is 4. The van der Waals surface area contributed by atoms with Crippen LogP contribution in [0.1, 0.15) is 48.8 Å². The molecule has 0 bridgehead atoms. The third kappa shape index (κ3) is 3.15. The number of pyridine rings is 1. The molecule has 2 aromatic rings. The number of aromatic nitrogens is 1. The minimum Gasteiger partial charge on any atom is -0.326 e. The van der Waals surface area contributed by atoms with Crippen LogP contribution in [0.4, 0.5) is 0 Å². The highest BCUT2D eigenvalue weighted by Gasteiger charge is 2.52. The van der Waals surface area contributed by atoms with E-state index >= 15 is 0 Å². The average Bonchev–Trinajstić information content (AvgIpc) is 3.43. The zero-order valence-corrected chi connectivity index (χ0v) is 14.0. The number of rotatable bonds is 7. The molecule has 4 heteroatoms. The molecule has 0 amide bonds. The Kier molecular flexibility index (Phi) is 4.58. The van der Waals surface area contributed by atoms with Gasteiger partial charge in [-0.1, -0.05) is 31.2 Å². The van der Waals surface area contributed by atoms with Gasteiger partial charge in [0, 0.05) is 18.9 Å². The van der Waals surface area contributed by atoms with Gasteiger partial charge in [0.25, 0.3) is 0 Å². The molecule has 1 heterocycles. The predicted octanol–water partition coefficient (Wildman–Crippen LogP) is 3.35. The Morgan fingerprint density at radius 3 is 2.38 bits per heavy atom. The van der Waals surface area contributed by atoms with Crippen molar-refractivity contribution in [2.45, 2.75) is 44.1 Å². The van der Waals surface area contributed by atoms with Crippen molar-refractivity contribution >= 4 is 11.5 Å². The lowest BCUT2D eigenvalue weighted by Gasteiger charge is -2.18. The molecular formula is C20H23N3O. The molecule has 1 aromatic carbocycles. The summed E-state index contributed by atoms with van der Waals surface area (Å²) < 4.78 is 0. The van der Waals surface area contributed by atoms with Crippen molar-refractivity contribution in [1.82, 2.24) is 4.98 Å². The van der Waals surface area contributed by atoms with Gasteiger partial charge in [0.1, 0.15) is 0 Å². The monoisotopic (exact) mass is 321 g/mol. The van der Waals surface area contributed by atoms with Crippen molar-refractivity contribution in [2.24, 2.45) is 5.73 Å². The summed E-state index contributed by atoms with van der Waals surface area (Å²) in [6.45, 7) is 2.55. The topological polar surface area (TPSA) is 79.8 Å². The van der Waals surface area contributed by atoms with E-state index in [-0.39, 0.29) is 17.4 Å². The summed E-state index contributed by atoms with van der Waals surface area (Å²) in [5, 5.41) is 8.31. The summed E-state index contributed by atoms with van der Waals surface area (Å²) in [6, 6.07) is 11.8. The molecule has 0 aliphatic heterocycles.